The standard InChI is InChI=1S/C18H29N3O/c1-4-20(5-2)12-8-11-19-14-18(22)21-15(3)13-16-9-6-7-10-17(16)21/h6-7,9-10,15,19H,4-5,8,11-14H2,1-3H3/t15-/m0/s1. The molecule has 0 bridgehead atoms. The summed E-state index contributed by atoms with van der Waals surface area (Å²) in [5, 5.41) is 3.30. The SMILES string of the molecule is CCN(CC)CCCNCC(=O)N1c2ccccc2C[C@@H]1C. The van der Waals surface area contributed by atoms with Crippen LogP contribution in [0.4, 0.5) is 5.69 Å². The maximum Gasteiger partial charge on any atom is 0.241 e. The van der Waals surface area contributed by atoms with E-state index in [1.54, 1.807) is 0 Å². The molecule has 4 heteroatoms. The second-order valence-electron chi connectivity index (χ2n) is 6.00. The van der Waals surface area contributed by atoms with Gasteiger partial charge in [0.25, 0.3) is 0 Å². The first kappa shape index (κ1) is 17.0. The second-order valence-corrected chi connectivity index (χ2v) is 6.00. The van der Waals surface area contributed by atoms with Crippen molar-refractivity contribution in [1.82, 2.24) is 10.2 Å². The Bertz CT molecular complexity index is 485. The summed E-state index contributed by atoms with van der Waals surface area (Å²) in [5.41, 5.74) is 2.37. The molecule has 0 unspecified atom stereocenters. The van der Waals surface area contributed by atoms with Crippen LogP contribution in [0, 0.1) is 0 Å². The van der Waals surface area contributed by atoms with Crippen LogP contribution in [0.25, 0.3) is 0 Å². The Balaban J connectivity index is 1.76. The van der Waals surface area contributed by atoms with Gasteiger partial charge in [-0.1, -0.05) is 32.0 Å². The Morgan fingerprint density at radius 3 is 2.77 bits per heavy atom. The third-order valence-corrected chi connectivity index (χ3v) is 4.47. The van der Waals surface area contributed by atoms with Gasteiger partial charge in [0, 0.05) is 11.7 Å². The smallest absolute Gasteiger partial charge is 0.241 e. The maximum absolute atomic E-state index is 12.5. The lowest BCUT2D eigenvalue weighted by Gasteiger charge is -2.23. The summed E-state index contributed by atoms with van der Waals surface area (Å²) < 4.78 is 0. The molecule has 22 heavy (non-hydrogen) atoms. The van der Waals surface area contributed by atoms with E-state index in [1.165, 1.54) is 5.56 Å². The summed E-state index contributed by atoms with van der Waals surface area (Å²) in [7, 11) is 0. The third kappa shape index (κ3) is 4.08. The monoisotopic (exact) mass is 303 g/mol. The van der Waals surface area contributed by atoms with Crippen molar-refractivity contribution in [2.45, 2.75) is 39.7 Å². The van der Waals surface area contributed by atoms with Crippen LogP contribution in [0.3, 0.4) is 0 Å². The Morgan fingerprint density at radius 2 is 2.05 bits per heavy atom. The molecule has 0 saturated heterocycles. The summed E-state index contributed by atoms with van der Waals surface area (Å²) in [5.74, 6) is 0.181. The summed E-state index contributed by atoms with van der Waals surface area (Å²) in [4.78, 5) is 16.8. The third-order valence-electron chi connectivity index (χ3n) is 4.47. The molecular formula is C18H29N3O. The molecule has 0 radical (unpaired) electrons. The molecule has 2 rings (SSSR count). The molecule has 4 nitrogen and oxygen atoms in total. The lowest BCUT2D eigenvalue weighted by molar-refractivity contribution is -0.118. The molecule has 1 aromatic carbocycles. The fraction of sp³-hybridized carbons (Fsp3) is 0.611. The van der Waals surface area contributed by atoms with Gasteiger partial charge in [-0.25, -0.2) is 0 Å². The van der Waals surface area contributed by atoms with Gasteiger partial charge in [0.2, 0.25) is 5.91 Å². The predicted molar refractivity (Wildman–Crippen MR) is 92.4 cm³/mol. The molecular weight excluding hydrogens is 274 g/mol. The zero-order chi connectivity index (χ0) is 15.9. The molecule has 1 N–H and O–H groups in total. The van der Waals surface area contributed by atoms with Crippen LogP contribution in [0.1, 0.15) is 32.8 Å². The van der Waals surface area contributed by atoms with E-state index in [0.29, 0.717) is 6.54 Å². The number of para-hydroxylation sites is 1. The molecule has 122 valence electrons. The van der Waals surface area contributed by atoms with Gasteiger partial charge >= 0.3 is 0 Å². The normalized spacial score (nSPS) is 17.1. The summed E-state index contributed by atoms with van der Waals surface area (Å²) in [6.07, 6.45) is 2.05. The zero-order valence-corrected chi connectivity index (χ0v) is 14.1. The molecule has 1 aliphatic rings. The van der Waals surface area contributed by atoms with Crippen molar-refractivity contribution >= 4 is 11.6 Å². The molecule has 0 fully saturated rings. The number of nitrogens with one attached hydrogen (secondary N) is 1. The average Bonchev–Trinajstić information content (AvgIpc) is 2.86. The van der Waals surface area contributed by atoms with E-state index >= 15 is 0 Å². The fourth-order valence-electron chi connectivity index (χ4n) is 3.19. The van der Waals surface area contributed by atoms with Gasteiger partial charge in [-0.2, -0.15) is 0 Å². The largest absolute Gasteiger partial charge is 0.308 e. The number of fused-ring (bicyclic) bond motifs is 1. The van der Waals surface area contributed by atoms with Gasteiger partial charge < -0.3 is 15.1 Å². The molecule has 1 aromatic rings. The number of anilines is 1. The number of carbonyl (C=O) groups excluding carboxylic acids is 1. The topological polar surface area (TPSA) is 35.6 Å². The van der Waals surface area contributed by atoms with Crippen LogP contribution in [-0.2, 0) is 11.2 Å². The number of amides is 1. The molecule has 0 aromatic heterocycles. The van der Waals surface area contributed by atoms with Crippen molar-refractivity contribution in [2.75, 3.05) is 37.6 Å². The molecule has 1 atom stereocenters. The minimum absolute atomic E-state index is 0.181. The van der Waals surface area contributed by atoms with Crippen LogP contribution >= 0.6 is 0 Å². The van der Waals surface area contributed by atoms with Crippen LogP contribution in [0.2, 0.25) is 0 Å². The van der Waals surface area contributed by atoms with E-state index < -0.39 is 0 Å². The first-order chi connectivity index (χ1) is 10.7. The first-order valence-corrected chi connectivity index (χ1v) is 8.50. The lowest BCUT2D eigenvalue weighted by Crippen LogP contribution is -2.42. The number of hydrogen-bond donors (Lipinski definition) is 1. The molecule has 1 heterocycles. The van der Waals surface area contributed by atoms with Gasteiger partial charge in [0.05, 0.1) is 6.54 Å². The second kappa shape index (κ2) is 8.30. The average molecular weight is 303 g/mol. The molecule has 1 aliphatic heterocycles. The van der Waals surface area contributed by atoms with E-state index in [-0.39, 0.29) is 11.9 Å². The van der Waals surface area contributed by atoms with E-state index in [0.717, 1.165) is 44.7 Å². The Morgan fingerprint density at radius 1 is 1.32 bits per heavy atom. The van der Waals surface area contributed by atoms with Gasteiger partial charge in [-0.05, 0) is 57.6 Å². The van der Waals surface area contributed by atoms with Gasteiger partial charge in [0.15, 0.2) is 0 Å². The number of benzene rings is 1. The van der Waals surface area contributed by atoms with Crippen molar-refractivity contribution in [3.63, 3.8) is 0 Å². The van der Waals surface area contributed by atoms with Crippen molar-refractivity contribution in [3.05, 3.63) is 29.8 Å². The van der Waals surface area contributed by atoms with E-state index in [9.17, 15) is 4.79 Å². The number of hydrogen-bond acceptors (Lipinski definition) is 3. The van der Waals surface area contributed by atoms with E-state index in [2.05, 4.69) is 43.1 Å². The quantitative estimate of drug-likeness (QED) is 0.749. The summed E-state index contributed by atoms with van der Waals surface area (Å²) in [6, 6.07) is 8.50. The highest BCUT2D eigenvalue weighted by atomic mass is 16.2. The van der Waals surface area contributed by atoms with Gasteiger partial charge in [-0.15, -0.1) is 0 Å². The molecule has 0 aliphatic carbocycles. The highest BCUT2D eigenvalue weighted by Gasteiger charge is 2.29. The molecule has 1 amide bonds. The Labute approximate surface area is 134 Å². The van der Waals surface area contributed by atoms with Crippen LogP contribution < -0.4 is 10.2 Å². The predicted octanol–water partition coefficient (Wildman–Crippen LogP) is 2.29. The number of carbonyl (C=O) groups is 1. The summed E-state index contributed by atoms with van der Waals surface area (Å²) >= 11 is 0. The molecule has 0 spiro atoms. The minimum Gasteiger partial charge on any atom is -0.308 e. The van der Waals surface area contributed by atoms with Crippen molar-refractivity contribution in [1.29, 1.82) is 0 Å². The number of nitrogens with zero attached hydrogens (tertiary/aromatic N) is 2. The van der Waals surface area contributed by atoms with Crippen LogP contribution in [0.5, 0.6) is 0 Å². The lowest BCUT2D eigenvalue weighted by atomic mass is 10.1. The maximum atomic E-state index is 12.5. The number of rotatable bonds is 8. The Kier molecular flexibility index (Phi) is 6.40. The van der Waals surface area contributed by atoms with E-state index in [4.69, 9.17) is 0 Å². The molecule has 0 saturated carbocycles. The Hall–Kier alpha value is -1.39. The highest BCUT2D eigenvalue weighted by molar-refractivity contribution is 5.97. The first-order valence-electron chi connectivity index (χ1n) is 8.50. The zero-order valence-electron chi connectivity index (χ0n) is 14.1. The van der Waals surface area contributed by atoms with Crippen molar-refractivity contribution in [3.8, 4) is 0 Å². The van der Waals surface area contributed by atoms with Crippen LogP contribution in [-0.4, -0.2) is 49.6 Å². The van der Waals surface area contributed by atoms with Gasteiger partial charge in [-0.3, -0.25) is 4.79 Å². The van der Waals surface area contributed by atoms with Crippen molar-refractivity contribution < 1.29 is 4.79 Å². The summed E-state index contributed by atoms with van der Waals surface area (Å²) in [6.45, 7) is 11.1. The fourth-order valence-corrected chi connectivity index (χ4v) is 3.19. The van der Waals surface area contributed by atoms with E-state index in [1.807, 2.05) is 17.0 Å². The van der Waals surface area contributed by atoms with Crippen LogP contribution in [0.15, 0.2) is 24.3 Å². The highest BCUT2D eigenvalue weighted by Crippen LogP contribution is 2.31. The minimum atomic E-state index is 0.181. The van der Waals surface area contributed by atoms with Crippen molar-refractivity contribution in [2.24, 2.45) is 0 Å². The van der Waals surface area contributed by atoms with Gasteiger partial charge in [0.1, 0.15) is 0 Å².